The van der Waals surface area contributed by atoms with Crippen LogP contribution < -0.4 is 4.74 Å². The summed E-state index contributed by atoms with van der Waals surface area (Å²) in [7, 11) is 0. The second-order valence-corrected chi connectivity index (χ2v) is 7.06. The number of ether oxygens (including phenoxy) is 3. The van der Waals surface area contributed by atoms with Crippen LogP contribution in [0.1, 0.15) is 50.8 Å². The number of aliphatic hydroxyl groups is 1. The summed E-state index contributed by atoms with van der Waals surface area (Å²) in [6.45, 7) is 3.97. The minimum Gasteiger partial charge on any atom is -0.474 e. The first kappa shape index (κ1) is 18.4. The Labute approximate surface area is 144 Å². The molecular formula is C17H22F3NO4. The van der Waals surface area contributed by atoms with Crippen LogP contribution in [0.2, 0.25) is 0 Å². The van der Waals surface area contributed by atoms with Crippen LogP contribution >= 0.6 is 0 Å². The number of hydrogen-bond acceptors (Lipinski definition) is 5. The van der Waals surface area contributed by atoms with Crippen LogP contribution in [-0.2, 0) is 21.3 Å². The number of hydrogen-bond donors (Lipinski definition) is 1. The topological polar surface area (TPSA) is 60.8 Å². The van der Waals surface area contributed by atoms with Gasteiger partial charge in [-0.3, -0.25) is 0 Å². The molecule has 140 valence electrons. The predicted molar refractivity (Wildman–Crippen MR) is 82.0 cm³/mol. The monoisotopic (exact) mass is 361 g/mol. The van der Waals surface area contributed by atoms with Gasteiger partial charge in [0.1, 0.15) is 11.8 Å². The number of halogens is 3. The van der Waals surface area contributed by atoms with E-state index in [1.807, 2.05) is 0 Å². The Bertz CT molecular complexity index is 579. The Kier molecular flexibility index (Phi) is 4.72. The molecule has 2 heterocycles. The van der Waals surface area contributed by atoms with Crippen LogP contribution in [0.3, 0.4) is 0 Å². The first-order chi connectivity index (χ1) is 11.6. The molecule has 3 rings (SSSR count). The van der Waals surface area contributed by atoms with Gasteiger partial charge in [0.05, 0.1) is 18.8 Å². The molecule has 5 nitrogen and oxygen atoms in total. The first-order valence-corrected chi connectivity index (χ1v) is 8.34. The average Bonchev–Trinajstić information content (AvgIpc) is 2.96. The molecule has 0 unspecified atom stereocenters. The van der Waals surface area contributed by atoms with Crippen molar-refractivity contribution in [2.45, 2.75) is 63.2 Å². The molecule has 2 aliphatic rings. The van der Waals surface area contributed by atoms with Crippen LogP contribution in [0.4, 0.5) is 13.2 Å². The molecule has 0 bridgehead atoms. The SMILES string of the molecule is CC(C)(O)c1cc(OC2CCC3(CC2)OCCO3)nc(C(F)(F)F)c1. The fourth-order valence-corrected chi connectivity index (χ4v) is 3.17. The van der Waals surface area contributed by atoms with Gasteiger partial charge in [-0.15, -0.1) is 0 Å². The number of rotatable bonds is 3. The van der Waals surface area contributed by atoms with Crippen LogP contribution in [-0.4, -0.2) is 35.2 Å². The lowest BCUT2D eigenvalue weighted by atomic mass is 9.92. The highest BCUT2D eigenvalue weighted by atomic mass is 19.4. The van der Waals surface area contributed by atoms with E-state index in [9.17, 15) is 18.3 Å². The van der Waals surface area contributed by atoms with Gasteiger partial charge in [-0.25, -0.2) is 4.98 Å². The average molecular weight is 361 g/mol. The van der Waals surface area contributed by atoms with Crippen molar-refractivity contribution in [3.05, 3.63) is 23.4 Å². The van der Waals surface area contributed by atoms with Crippen molar-refractivity contribution in [1.29, 1.82) is 0 Å². The van der Waals surface area contributed by atoms with Crippen molar-refractivity contribution >= 4 is 0 Å². The maximum Gasteiger partial charge on any atom is 0.433 e. The standard InChI is InChI=1S/C17H22F3NO4/c1-15(2,22)11-9-13(17(18,19)20)21-14(10-11)25-12-3-5-16(6-4-12)23-7-8-24-16/h9-10,12,22H,3-8H2,1-2H3. The van der Waals surface area contributed by atoms with Crippen molar-refractivity contribution in [2.75, 3.05) is 13.2 Å². The van der Waals surface area contributed by atoms with E-state index in [1.165, 1.54) is 19.9 Å². The first-order valence-electron chi connectivity index (χ1n) is 8.34. The van der Waals surface area contributed by atoms with E-state index in [2.05, 4.69) is 4.98 Å². The zero-order valence-corrected chi connectivity index (χ0v) is 14.2. The molecule has 2 fully saturated rings. The Morgan fingerprint density at radius 2 is 1.76 bits per heavy atom. The summed E-state index contributed by atoms with van der Waals surface area (Å²) >= 11 is 0. The Hall–Kier alpha value is -1.38. The Morgan fingerprint density at radius 3 is 2.28 bits per heavy atom. The van der Waals surface area contributed by atoms with E-state index in [0.717, 1.165) is 6.07 Å². The van der Waals surface area contributed by atoms with Gasteiger partial charge in [0.2, 0.25) is 5.88 Å². The molecule has 0 atom stereocenters. The van der Waals surface area contributed by atoms with E-state index < -0.39 is 23.3 Å². The Balaban J connectivity index is 1.75. The van der Waals surface area contributed by atoms with Gasteiger partial charge in [-0.2, -0.15) is 13.2 Å². The Morgan fingerprint density at radius 1 is 1.16 bits per heavy atom. The number of alkyl halides is 3. The molecule has 0 amide bonds. The fourth-order valence-electron chi connectivity index (χ4n) is 3.17. The van der Waals surface area contributed by atoms with E-state index in [1.54, 1.807) is 0 Å². The summed E-state index contributed by atoms with van der Waals surface area (Å²) in [6, 6.07) is 2.21. The summed E-state index contributed by atoms with van der Waals surface area (Å²) in [6.07, 6.45) is -2.39. The predicted octanol–water partition coefficient (Wildman–Crippen LogP) is 3.39. The second-order valence-electron chi connectivity index (χ2n) is 7.06. The summed E-state index contributed by atoms with van der Waals surface area (Å²) in [5.74, 6) is -0.680. The van der Waals surface area contributed by atoms with Gasteiger partial charge in [-0.1, -0.05) is 0 Å². The van der Waals surface area contributed by atoms with Crippen LogP contribution in [0.5, 0.6) is 5.88 Å². The van der Waals surface area contributed by atoms with Crippen molar-refractivity contribution in [2.24, 2.45) is 0 Å². The zero-order chi connectivity index (χ0) is 18.3. The van der Waals surface area contributed by atoms with Gasteiger partial charge in [-0.05, 0) is 38.3 Å². The highest BCUT2D eigenvalue weighted by Gasteiger charge is 2.41. The van der Waals surface area contributed by atoms with Crippen LogP contribution in [0, 0.1) is 0 Å². The molecule has 0 aromatic carbocycles. The highest BCUT2D eigenvalue weighted by molar-refractivity contribution is 5.30. The highest BCUT2D eigenvalue weighted by Crippen LogP contribution is 2.38. The van der Waals surface area contributed by atoms with Crippen molar-refractivity contribution < 1.29 is 32.5 Å². The molecular weight excluding hydrogens is 339 g/mol. The van der Waals surface area contributed by atoms with Crippen molar-refractivity contribution in [3.8, 4) is 5.88 Å². The minimum atomic E-state index is -4.61. The lowest BCUT2D eigenvalue weighted by Gasteiger charge is -2.35. The molecule has 1 spiro atoms. The molecule has 8 heteroatoms. The van der Waals surface area contributed by atoms with E-state index in [-0.39, 0.29) is 17.5 Å². The molecule has 0 radical (unpaired) electrons. The molecule has 1 saturated carbocycles. The van der Waals surface area contributed by atoms with E-state index in [4.69, 9.17) is 14.2 Å². The molecule has 25 heavy (non-hydrogen) atoms. The van der Waals surface area contributed by atoms with E-state index in [0.29, 0.717) is 38.9 Å². The molecule has 1 aliphatic carbocycles. The summed E-state index contributed by atoms with van der Waals surface area (Å²) in [5.41, 5.74) is -2.39. The van der Waals surface area contributed by atoms with Crippen molar-refractivity contribution in [3.63, 3.8) is 0 Å². The molecule has 1 saturated heterocycles. The molecule has 1 aliphatic heterocycles. The quantitative estimate of drug-likeness (QED) is 0.894. The maximum absolute atomic E-state index is 13.1. The van der Waals surface area contributed by atoms with Crippen molar-refractivity contribution in [1.82, 2.24) is 4.98 Å². The lowest BCUT2D eigenvalue weighted by molar-refractivity contribution is -0.186. The van der Waals surface area contributed by atoms with Gasteiger partial charge in [0.15, 0.2) is 5.79 Å². The zero-order valence-electron chi connectivity index (χ0n) is 14.2. The molecule has 1 N–H and O–H groups in total. The number of nitrogens with zero attached hydrogens (tertiary/aromatic N) is 1. The molecule has 1 aromatic heterocycles. The smallest absolute Gasteiger partial charge is 0.433 e. The van der Waals surface area contributed by atoms with Gasteiger partial charge < -0.3 is 19.3 Å². The lowest BCUT2D eigenvalue weighted by Crippen LogP contribution is -2.38. The summed E-state index contributed by atoms with van der Waals surface area (Å²) in [4.78, 5) is 3.58. The van der Waals surface area contributed by atoms with Gasteiger partial charge >= 0.3 is 6.18 Å². The summed E-state index contributed by atoms with van der Waals surface area (Å²) < 4.78 is 56.2. The van der Waals surface area contributed by atoms with Crippen LogP contribution in [0.15, 0.2) is 12.1 Å². The van der Waals surface area contributed by atoms with E-state index >= 15 is 0 Å². The number of aromatic nitrogens is 1. The second kappa shape index (κ2) is 6.41. The van der Waals surface area contributed by atoms with Gasteiger partial charge in [0, 0.05) is 18.9 Å². The number of pyridine rings is 1. The fraction of sp³-hybridized carbons (Fsp3) is 0.706. The normalized spacial score (nSPS) is 21.7. The van der Waals surface area contributed by atoms with Gasteiger partial charge in [0.25, 0.3) is 0 Å². The maximum atomic E-state index is 13.1. The largest absolute Gasteiger partial charge is 0.474 e. The third kappa shape index (κ3) is 4.24. The minimum absolute atomic E-state index is 0.111. The molecule has 1 aromatic rings. The summed E-state index contributed by atoms with van der Waals surface area (Å²) in [5, 5.41) is 10.1. The van der Waals surface area contributed by atoms with Crippen LogP contribution in [0.25, 0.3) is 0 Å². The third-order valence-corrected chi connectivity index (χ3v) is 4.59. The third-order valence-electron chi connectivity index (χ3n) is 4.59.